The number of carbonyl (C=O) groups excluding carboxylic acids is 2. The summed E-state index contributed by atoms with van der Waals surface area (Å²) in [7, 11) is 3.16. The number of nitrogens with one attached hydrogen (secondary N) is 1. The normalized spacial score (nSPS) is 22.0. The van der Waals surface area contributed by atoms with Crippen LogP contribution in [0.3, 0.4) is 0 Å². The molecule has 5 rings (SSSR count). The van der Waals surface area contributed by atoms with Gasteiger partial charge in [-0.25, -0.2) is 4.90 Å². The first-order valence-corrected chi connectivity index (χ1v) is 12.1. The molecule has 1 aromatic heterocycles. The summed E-state index contributed by atoms with van der Waals surface area (Å²) in [6.45, 7) is 1.97. The maximum atomic E-state index is 13.7. The SMILES string of the molecule is COc1ccc(C2c3sc(=S)[nH]c3SC3C(=O)N(c4ccc(C)cc4)C(=O)C32)cc1OC. The number of hydrogen-bond acceptors (Lipinski definition) is 7. The molecule has 1 fully saturated rings. The minimum Gasteiger partial charge on any atom is -0.493 e. The van der Waals surface area contributed by atoms with Crippen LogP contribution in [0.1, 0.15) is 21.9 Å². The highest BCUT2D eigenvalue weighted by molar-refractivity contribution is 8.01. The Morgan fingerprint density at radius 3 is 2.41 bits per heavy atom. The first kappa shape index (κ1) is 21.2. The Bertz CT molecular complexity index is 1280. The van der Waals surface area contributed by atoms with Gasteiger partial charge in [-0.05, 0) is 49.0 Å². The van der Waals surface area contributed by atoms with E-state index in [4.69, 9.17) is 21.7 Å². The summed E-state index contributed by atoms with van der Waals surface area (Å²) in [5, 5.41) is 0.322. The van der Waals surface area contributed by atoms with E-state index in [0.717, 1.165) is 21.0 Å². The van der Waals surface area contributed by atoms with Crippen molar-refractivity contribution < 1.29 is 19.1 Å². The molecule has 3 heterocycles. The zero-order valence-electron chi connectivity index (χ0n) is 17.6. The molecule has 164 valence electrons. The molecule has 3 atom stereocenters. The lowest BCUT2D eigenvalue weighted by Crippen LogP contribution is -2.32. The second-order valence-corrected chi connectivity index (χ2v) is 10.6. The number of aromatic amines is 1. The third kappa shape index (κ3) is 3.27. The van der Waals surface area contributed by atoms with Gasteiger partial charge in [0.05, 0.1) is 30.9 Å². The predicted octanol–water partition coefficient (Wildman–Crippen LogP) is 4.93. The number of rotatable bonds is 4. The number of aromatic nitrogens is 1. The fraction of sp³-hybridized carbons (Fsp3) is 0.261. The molecular weight excluding hydrogens is 464 g/mol. The number of anilines is 1. The van der Waals surface area contributed by atoms with Crippen molar-refractivity contribution in [3.63, 3.8) is 0 Å². The monoisotopic (exact) mass is 484 g/mol. The number of nitrogens with zero attached hydrogens (tertiary/aromatic N) is 1. The summed E-state index contributed by atoms with van der Waals surface area (Å²) in [4.78, 5) is 32.7. The molecule has 0 bridgehead atoms. The number of amides is 2. The fourth-order valence-corrected chi connectivity index (χ4v) is 7.33. The molecule has 32 heavy (non-hydrogen) atoms. The van der Waals surface area contributed by atoms with E-state index in [9.17, 15) is 9.59 Å². The molecule has 2 amide bonds. The van der Waals surface area contributed by atoms with Crippen LogP contribution in [0.2, 0.25) is 0 Å². The highest BCUT2D eigenvalue weighted by Gasteiger charge is 2.56. The lowest BCUT2D eigenvalue weighted by atomic mass is 9.83. The van der Waals surface area contributed by atoms with Gasteiger partial charge in [-0.2, -0.15) is 0 Å². The smallest absolute Gasteiger partial charge is 0.248 e. The number of imide groups is 1. The molecule has 9 heteroatoms. The maximum absolute atomic E-state index is 13.7. The Balaban J connectivity index is 1.65. The van der Waals surface area contributed by atoms with E-state index >= 15 is 0 Å². The van der Waals surface area contributed by atoms with Crippen molar-refractivity contribution in [2.45, 2.75) is 23.1 Å². The van der Waals surface area contributed by atoms with E-state index in [1.165, 1.54) is 28.0 Å². The van der Waals surface area contributed by atoms with Crippen molar-refractivity contribution in [1.82, 2.24) is 4.98 Å². The number of thiazole rings is 1. The molecule has 2 aliphatic heterocycles. The van der Waals surface area contributed by atoms with E-state index in [-0.39, 0.29) is 17.7 Å². The number of thioether (sulfide) groups is 1. The summed E-state index contributed by atoms with van der Waals surface area (Å²) < 4.78 is 11.5. The van der Waals surface area contributed by atoms with Gasteiger partial charge < -0.3 is 14.5 Å². The van der Waals surface area contributed by atoms with Crippen LogP contribution in [0.4, 0.5) is 5.69 Å². The summed E-state index contributed by atoms with van der Waals surface area (Å²) >= 11 is 8.25. The number of carbonyl (C=O) groups is 2. The van der Waals surface area contributed by atoms with Crippen LogP contribution in [0.25, 0.3) is 0 Å². The lowest BCUT2D eigenvalue weighted by Gasteiger charge is -2.30. The molecule has 3 aromatic rings. The molecule has 1 saturated heterocycles. The van der Waals surface area contributed by atoms with Gasteiger partial charge in [0.25, 0.3) is 0 Å². The van der Waals surface area contributed by atoms with Crippen molar-refractivity contribution in [2.24, 2.45) is 5.92 Å². The molecule has 3 unspecified atom stereocenters. The quantitative estimate of drug-likeness (QED) is 0.418. The minimum atomic E-state index is -0.541. The van der Waals surface area contributed by atoms with Crippen LogP contribution in [0.15, 0.2) is 47.5 Å². The maximum Gasteiger partial charge on any atom is 0.248 e. The van der Waals surface area contributed by atoms with Crippen LogP contribution in [-0.2, 0) is 9.59 Å². The molecule has 6 nitrogen and oxygen atoms in total. The van der Waals surface area contributed by atoms with Gasteiger partial charge in [-0.1, -0.05) is 35.5 Å². The molecule has 0 aliphatic carbocycles. The number of hydrogen-bond donors (Lipinski definition) is 1. The van der Waals surface area contributed by atoms with E-state index in [0.29, 0.717) is 21.1 Å². The van der Waals surface area contributed by atoms with E-state index in [2.05, 4.69) is 4.98 Å². The van der Waals surface area contributed by atoms with Gasteiger partial charge in [0, 0.05) is 10.8 Å². The molecule has 2 aromatic carbocycles. The number of fused-ring (bicyclic) bond motifs is 2. The van der Waals surface area contributed by atoms with Crippen molar-refractivity contribution in [3.8, 4) is 11.5 Å². The zero-order valence-corrected chi connectivity index (χ0v) is 20.0. The standard InChI is InChI=1S/C23H20N2O4S3/c1-11-4-7-13(8-5-11)25-21(26)17-16(12-6-9-14(28-2)15(10-12)29-3)18-20(24-23(30)32-18)31-19(17)22(25)27/h4-10,16-17,19H,1-3H3,(H,24,30). The first-order chi connectivity index (χ1) is 15.4. The molecule has 0 radical (unpaired) electrons. The molecule has 2 aliphatic rings. The highest BCUT2D eigenvalue weighted by Crippen LogP contribution is 2.54. The first-order valence-electron chi connectivity index (χ1n) is 9.99. The Morgan fingerprint density at radius 1 is 1.00 bits per heavy atom. The Labute approximate surface area is 198 Å². The Hall–Kier alpha value is -2.62. The zero-order chi connectivity index (χ0) is 22.6. The van der Waals surface area contributed by atoms with Gasteiger partial charge in [0.1, 0.15) is 5.25 Å². The van der Waals surface area contributed by atoms with Crippen LogP contribution in [0, 0.1) is 16.8 Å². The molecular formula is C23H20N2O4S3. The Kier molecular flexibility index (Phi) is 5.35. The second kappa shape index (κ2) is 8.06. The van der Waals surface area contributed by atoms with Crippen molar-refractivity contribution in [1.29, 1.82) is 0 Å². The fourth-order valence-electron chi connectivity index (χ4n) is 4.37. The Morgan fingerprint density at radius 2 is 1.72 bits per heavy atom. The van der Waals surface area contributed by atoms with Gasteiger partial charge in [0.2, 0.25) is 11.8 Å². The lowest BCUT2D eigenvalue weighted by molar-refractivity contribution is -0.122. The third-order valence-electron chi connectivity index (χ3n) is 5.88. The number of H-pyrrole nitrogens is 1. The largest absolute Gasteiger partial charge is 0.493 e. The van der Waals surface area contributed by atoms with Gasteiger partial charge in [0.15, 0.2) is 15.5 Å². The van der Waals surface area contributed by atoms with Gasteiger partial charge in [-0.3, -0.25) is 9.59 Å². The van der Waals surface area contributed by atoms with Crippen molar-refractivity contribution >= 4 is 52.8 Å². The molecule has 0 spiro atoms. The van der Waals surface area contributed by atoms with Crippen LogP contribution in [0.5, 0.6) is 11.5 Å². The molecule has 0 saturated carbocycles. The average Bonchev–Trinajstić information content (AvgIpc) is 3.28. The summed E-state index contributed by atoms with van der Waals surface area (Å²) in [5.74, 6) is -0.0685. The van der Waals surface area contributed by atoms with Crippen molar-refractivity contribution in [3.05, 3.63) is 62.4 Å². The predicted molar refractivity (Wildman–Crippen MR) is 128 cm³/mol. The van der Waals surface area contributed by atoms with Crippen LogP contribution in [-0.4, -0.2) is 36.3 Å². The average molecular weight is 485 g/mol. The molecule has 1 N–H and O–H groups in total. The third-order valence-corrected chi connectivity index (χ3v) is 8.64. The number of benzene rings is 2. The number of aryl methyl sites for hydroxylation is 1. The summed E-state index contributed by atoms with van der Waals surface area (Å²) in [6.07, 6.45) is 0. The minimum absolute atomic E-state index is 0.193. The van der Waals surface area contributed by atoms with E-state index in [1.54, 1.807) is 14.2 Å². The van der Waals surface area contributed by atoms with Crippen LogP contribution < -0.4 is 14.4 Å². The highest BCUT2D eigenvalue weighted by atomic mass is 32.2. The topological polar surface area (TPSA) is 71.6 Å². The second-order valence-electron chi connectivity index (χ2n) is 7.71. The number of ether oxygens (including phenoxy) is 2. The summed E-state index contributed by atoms with van der Waals surface area (Å²) in [6, 6.07) is 13.1. The number of methoxy groups -OCH3 is 2. The summed E-state index contributed by atoms with van der Waals surface area (Å²) in [5.41, 5.74) is 2.55. The van der Waals surface area contributed by atoms with E-state index in [1.807, 2.05) is 49.4 Å². The van der Waals surface area contributed by atoms with Gasteiger partial charge >= 0.3 is 0 Å². The van der Waals surface area contributed by atoms with Crippen molar-refractivity contribution in [2.75, 3.05) is 19.1 Å². The van der Waals surface area contributed by atoms with Gasteiger partial charge in [-0.15, -0.1) is 11.3 Å². The van der Waals surface area contributed by atoms with Crippen LogP contribution >= 0.6 is 35.3 Å². The van der Waals surface area contributed by atoms with E-state index < -0.39 is 11.2 Å².